The Morgan fingerprint density at radius 3 is 2.63 bits per heavy atom. The summed E-state index contributed by atoms with van der Waals surface area (Å²) in [7, 11) is 0. The molecule has 3 amide bonds. The number of amides is 3. The quantitative estimate of drug-likeness (QED) is 0.782. The predicted molar refractivity (Wildman–Crippen MR) is 72.9 cm³/mol. The van der Waals surface area contributed by atoms with Crippen LogP contribution in [0.4, 0.5) is 10.6 Å². The predicted octanol–water partition coefficient (Wildman–Crippen LogP) is 2.35. The topological polar surface area (TPSA) is 53.5 Å². The SMILES string of the molecule is CCCN1C(=O)N(c2ncccc2C)C(=O)C1CC. The van der Waals surface area contributed by atoms with Crippen molar-refractivity contribution >= 4 is 17.8 Å². The fraction of sp³-hybridized carbons (Fsp3) is 0.500. The molecule has 1 fully saturated rings. The summed E-state index contributed by atoms with van der Waals surface area (Å²) >= 11 is 0. The Kier molecular flexibility index (Phi) is 3.83. The minimum absolute atomic E-state index is 0.164. The van der Waals surface area contributed by atoms with Gasteiger partial charge >= 0.3 is 6.03 Å². The second kappa shape index (κ2) is 5.38. The Morgan fingerprint density at radius 1 is 1.32 bits per heavy atom. The zero-order chi connectivity index (χ0) is 14.0. The van der Waals surface area contributed by atoms with Crippen LogP contribution in [0.2, 0.25) is 0 Å². The molecule has 0 saturated carbocycles. The van der Waals surface area contributed by atoms with Crippen molar-refractivity contribution in [2.75, 3.05) is 11.4 Å². The fourth-order valence-electron chi connectivity index (χ4n) is 2.43. The molecule has 0 aromatic carbocycles. The number of hydrogen-bond donors (Lipinski definition) is 0. The van der Waals surface area contributed by atoms with Crippen LogP contribution in [0.5, 0.6) is 0 Å². The first-order valence-corrected chi connectivity index (χ1v) is 6.68. The number of carbonyl (C=O) groups excluding carboxylic acids is 2. The van der Waals surface area contributed by atoms with Crippen LogP contribution in [-0.4, -0.2) is 34.4 Å². The molecule has 0 radical (unpaired) electrons. The lowest BCUT2D eigenvalue weighted by atomic mass is 10.2. The molecular formula is C14H19N3O2. The van der Waals surface area contributed by atoms with E-state index in [4.69, 9.17) is 0 Å². The van der Waals surface area contributed by atoms with Gasteiger partial charge in [0.15, 0.2) is 0 Å². The highest BCUT2D eigenvalue weighted by Gasteiger charge is 2.45. The third kappa shape index (κ3) is 2.20. The van der Waals surface area contributed by atoms with Crippen molar-refractivity contribution in [3.63, 3.8) is 0 Å². The van der Waals surface area contributed by atoms with Gasteiger partial charge in [-0.05, 0) is 31.4 Å². The summed E-state index contributed by atoms with van der Waals surface area (Å²) in [6.45, 7) is 6.38. The van der Waals surface area contributed by atoms with Gasteiger partial charge in [-0.15, -0.1) is 0 Å². The standard InChI is InChI=1S/C14H19N3O2/c1-4-9-16-11(5-2)13(18)17(14(16)19)12-10(3)7-6-8-15-12/h6-8,11H,4-5,9H2,1-3H3. The highest BCUT2D eigenvalue weighted by molar-refractivity contribution is 6.21. The summed E-state index contributed by atoms with van der Waals surface area (Å²) in [5.74, 6) is 0.289. The molecule has 1 saturated heterocycles. The van der Waals surface area contributed by atoms with Crippen LogP contribution in [0.1, 0.15) is 32.3 Å². The van der Waals surface area contributed by atoms with Crippen LogP contribution in [0, 0.1) is 6.92 Å². The molecule has 19 heavy (non-hydrogen) atoms. The largest absolute Gasteiger partial charge is 0.333 e. The van der Waals surface area contributed by atoms with Crippen LogP contribution in [-0.2, 0) is 4.79 Å². The third-order valence-electron chi connectivity index (χ3n) is 3.36. The molecule has 2 heterocycles. The first-order valence-electron chi connectivity index (χ1n) is 6.68. The van der Waals surface area contributed by atoms with Gasteiger partial charge in [-0.2, -0.15) is 0 Å². The molecule has 0 bridgehead atoms. The Balaban J connectivity index is 2.39. The molecule has 2 rings (SSSR count). The number of carbonyl (C=O) groups is 2. The number of nitrogens with zero attached hydrogens (tertiary/aromatic N) is 3. The van der Waals surface area contributed by atoms with Crippen molar-refractivity contribution in [1.29, 1.82) is 0 Å². The van der Waals surface area contributed by atoms with E-state index < -0.39 is 0 Å². The van der Waals surface area contributed by atoms with Crippen molar-refractivity contribution in [2.24, 2.45) is 0 Å². The van der Waals surface area contributed by atoms with E-state index in [1.54, 1.807) is 17.2 Å². The van der Waals surface area contributed by atoms with Crippen molar-refractivity contribution in [1.82, 2.24) is 9.88 Å². The van der Waals surface area contributed by atoms with Gasteiger partial charge < -0.3 is 4.90 Å². The average molecular weight is 261 g/mol. The van der Waals surface area contributed by atoms with Gasteiger partial charge in [-0.3, -0.25) is 4.79 Å². The number of rotatable bonds is 4. The van der Waals surface area contributed by atoms with Crippen molar-refractivity contribution in [2.45, 2.75) is 39.7 Å². The fourth-order valence-corrected chi connectivity index (χ4v) is 2.43. The minimum Gasteiger partial charge on any atom is -0.312 e. The van der Waals surface area contributed by atoms with Crippen molar-refractivity contribution < 1.29 is 9.59 Å². The molecule has 1 unspecified atom stereocenters. The van der Waals surface area contributed by atoms with E-state index in [0.717, 1.165) is 12.0 Å². The van der Waals surface area contributed by atoms with E-state index >= 15 is 0 Å². The molecular weight excluding hydrogens is 242 g/mol. The van der Waals surface area contributed by atoms with E-state index in [1.807, 2.05) is 26.8 Å². The summed E-state index contributed by atoms with van der Waals surface area (Å²) < 4.78 is 0. The van der Waals surface area contributed by atoms with Crippen LogP contribution in [0.3, 0.4) is 0 Å². The van der Waals surface area contributed by atoms with Crippen molar-refractivity contribution in [3.8, 4) is 0 Å². The number of urea groups is 1. The Morgan fingerprint density at radius 2 is 2.05 bits per heavy atom. The molecule has 5 nitrogen and oxygen atoms in total. The molecule has 102 valence electrons. The monoisotopic (exact) mass is 261 g/mol. The summed E-state index contributed by atoms with van der Waals surface area (Å²) in [6.07, 6.45) is 3.07. The Bertz CT molecular complexity index is 501. The lowest BCUT2D eigenvalue weighted by molar-refractivity contribution is -0.119. The zero-order valence-electron chi connectivity index (χ0n) is 11.6. The first kappa shape index (κ1) is 13.5. The highest BCUT2D eigenvalue weighted by Crippen LogP contribution is 2.27. The van der Waals surface area contributed by atoms with E-state index in [0.29, 0.717) is 18.8 Å². The van der Waals surface area contributed by atoms with Gasteiger partial charge in [0, 0.05) is 12.7 Å². The smallest absolute Gasteiger partial charge is 0.312 e. The second-order valence-electron chi connectivity index (χ2n) is 4.72. The summed E-state index contributed by atoms with van der Waals surface area (Å²) in [5.41, 5.74) is 0.831. The normalized spacial score (nSPS) is 19.4. The van der Waals surface area contributed by atoms with Gasteiger partial charge in [0.25, 0.3) is 5.91 Å². The molecule has 1 atom stereocenters. The number of pyridine rings is 1. The number of aromatic nitrogens is 1. The molecule has 1 aliphatic rings. The maximum absolute atomic E-state index is 12.4. The number of anilines is 1. The van der Waals surface area contributed by atoms with E-state index in [2.05, 4.69) is 4.98 Å². The maximum Gasteiger partial charge on any atom is 0.333 e. The molecule has 0 aliphatic carbocycles. The summed E-state index contributed by atoms with van der Waals surface area (Å²) in [4.78, 5) is 31.9. The highest BCUT2D eigenvalue weighted by atomic mass is 16.2. The molecule has 1 aliphatic heterocycles. The van der Waals surface area contributed by atoms with Gasteiger partial charge in [0.2, 0.25) is 0 Å². The molecule has 1 aromatic rings. The van der Waals surface area contributed by atoms with Crippen LogP contribution >= 0.6 is 0 Å². The third-order valence-corrected chi connectivity index (χ3v) is 3.36. The molecule has 0 N–H and O–H groups in total. The maximum atomic E-state index is 12.4. The minimum atomic E-state index is -0.353. The van der Waals surface area contributed by atoms with Gasteiger partial charge in [-0.25, -0.2) is 14.7 Å². The van der Waals surface area contributed by atoms with Crippen LogP contribution in [0.15, 0.2) is 18.3 Å². The van der Waals surface area contributed by atoms with E-state index in [9.17, 15) is 9.59 Å². The average Bonchev–Trinajstić information content (AvgIpc) is 2.63. The second-order valence-corrected chi connectivity index (χ2v) is 4.72. The van der Waals surface area contributed by atoms with E-state index in [-0.39, 0.29) is 18.0 Å². The van der Waals surface area contributed by atoms with E-state index in [1.165, 1.54) is 4.90 Å². The van der Waals surface area contributed by atoms with Crippen LogP contribution < -0.4 is 4.90 Å². The number of hydrogen-bond acceptors (Lipinski definition) is 3. The summed E-state index contributed by atoms with van der Waals surface area (Å²) in [5, 5.41) is 0. The van der Waals surface area contributed by atoms with Gasteiger partial charge in [0.05, 0.1) is 0 Å². The Labute approximate surface area is 113 Å². The molecule has 5 heteroatoms. The number of aryl methyl sites for hydroxylation is 1. The molecule has 0 spiro atoms. The van der Waals surface area contributed by atoms with Crippen LogP contribution in [0.25, 0.3) is 0 Å². The molecule has 1 aromatic heterocycles. The first-order chi connectivity index (χ1) is 9.11. The number of imide groups is 1. The zero-order valence-corrected chi connectivity index (χ0v) is 11.6. The van der Waals surface area contributed by atoms with Crippen molar-refractivity contribution in [3.05, 3.63) is 23.9 Å². The van der Waals surface area contributed by atoms with Gasteiger partial charge in [0.1, 0.15) is 11.9 Å². The lowest BCUT2D eigenvalue weighted by Gasteiger charge is -2.19. The lowest BCUT2D eigenvalue weighted by Crippen LogP contribution is -2.35. The van der Waals surface area contributed by atoms with Gasteiger partial charge in [-0.1, -0.05) is 19.9 Å². The Hall–Kier alpha value is -1.91. The summed E-state index contributed by atoms with van der Waals surface area (Å²) in [6, 6.07) is 3.05.